The Bertz CT molecular complexity index is 583. The highest BCUT2D eigenvalue weighted by Crippen LogP contribution is 2.22. The molecule has 0 amide bonds. The quantitative estimate of drug-likeness (QED) is 0.901. The van der Waals surface area contributed by atoms with E-state index in [0.29, 0.717) is 17.3 Å². The van der Waals surface area contributed by atoms with Gasteiger partial charge in [-0.3, -0.25) is 0 Å². The third kappa shape index (κ3) is 3.32. The van der Waals surface area contributed by atoms with Gasteiger partial charge in [0.2, 0.25) is 0 Å². The maximum Gasteiger partial charge on any atom is 0.143 e. The summed E-state index contributed by atoms with van der Waals surface area (Å²) in [5.74, 6) is 1.18. The fourth-order valence-electron chi connectivity index (χ4n) is 1.78. The summed E-state index contributed by atoms with van der Waals surface area (Å²) < 4.78 is 0. The average molecular weight is 251 g/mol. The largest absolute Gasteiger partial charge is 0.369 e. The van der Waals surface area contributed by atoms with E-state index < -0.39 is 0 Å². The number of pyridine rings is 1. The van der Waals surface area contributed by atoms with Gasteiger partial charge in [0.05, 0.1) is 5.56 Å². The molecule has 0 unspecified atom stereocenters. The maximum absolute atomic E-state index is 9.23. The van der Waals surface area contributed by atoms with Crippen molar-refractivity contribution in [2.75, 3.05) is 11.9 Å². The molecule has 0 radical (unpaired) electrons. The van der Waals surface area contributed by atoms with Gasteiger partial charge in [0.1, 0.15) is 11.9 Å². The van der Waals surface area contributed by atoms with Gasteiger partial charge in [-0.25, -0.2) is 4.98 Å². The summed E-state index contributed by atoms with van der Waals surface area (Å²) in [4.78, 5) is 4.36. The second-order valence-corrected chi connectivity index (χ2v) is 4.87. The summed E-state index contributed by atoms with van der Waals surface area (Å²) >= 11 is 0. The summed E-state index contributed by atoms with van der Waals surface area (Å²) in [7, 11) is 0. The number of anilines is 1. The number of hydrogen-bond acceptors (Lipinski definition) is 3. The zero-order valence-corrected chi connectivity index (χ0v) is 11.2. The predicted octanol–water partition coefficient (Wildman–Crippen LogP) is 3.69. The fraction of sp³-hybridized carbons (Fsp3) is 0.250. The van der Waals surface area contributed by atoms with E-state index in [1.54, 1.807) is 6.20 Å². The molecule has 0 spiro atoms. The smallest absolute Gasteiger partial charge is 0.143 e. The van der Waals surface area contributed by atoms with Gasteiger partial charge in [0.25, 0.3) is 0 Å². The number of nitrogens with zero attached hydrogens (tertiary/aromatic N) is 2. The zero-order chi connectivity index (χ0) is 13.7. The summed E-state index contributed by atoms with van der Waals surface area (Å²) in [6.07, 6.45) is 1.80. The molecule has 1 aromatic carbocycles. The van der Waals surface area contributed by atoms with Crippen molar-refractivity contribution in [3.8, 4) is 17.2 Å². The van der Waals surface area contributed by atoms with Crippen molar-refractivity contribution in [2.24, 2.45) is 5.92 Å². The van der Waals surface area contributed by atoms with Crippen molar-refractivity contribution in [3.63, 3.8) is 0 Å². The Morgan fingerprint density at radius 1 is 1.21 bits per heavy atom. The molecule has 1 N–H and O–H groups in total. The monoisotopic (exact) mass is 251 g/mol. The molecule has 1 aromatic heterocycles. The molecule has 0 fully saturated rings. The number of aromatic nitrogens is 1. The van der Waals surface area contributed by atoms with E-state index in [2.05, 4.69) is 30.2 Å². The van der Waals surface area contributed by atoms with Gasteiger partial charge in [0, 0.05) is 18.3 Å². The molecule has 0 aliphatic heterocycles. The molecule has 0 saturated carbocycles. The molecular formula is C16H17N3. The van der Waals surface area contributed by atoms with Gasteiger partial charge in [-0.15, -0.1) is 0 Å². The van der Waals surface area contributed by atoms with Crippen LogP contribution in [-0.2, 0) is 0 Å². The van der Waals surface area contributed by atoms with Crippen molar-refractivity contribution < 1.29 is 0 Å². The second-order valence-electron chi connectivity index (χ2n) is 4.87. The van der Waals surface area contributed by atoms with E-state index in [9.17, 15) is 5.26 Å². The Morgan fingerprint density at radius 2 is 1.95 bits per heavy atom. The van der Waals surface area contributed by atoms with Gasteiger partial charge >= 0.3 is 0 Å². The Hall–Kier alpha value is -2.34. The minimum Gasteiger partial charge on any atom is -0.369 e. The molecule has 1 heterocycles. The highest BCUT2D eigenvalue weighted by molar-refractivity contribution is 5.67. The third-order valence-corrected chi connectivity index (χ3v) is 2.79. The summed E-state index contributed by atoms with van der Waals surface area (Å²) in [5.41, 5.74) is 2.62. The standard InChI is InChI=1S/C16H17N3/c1-12(2)10-18-16-14(9-17)8-15(11-19-16)13-6-4-3-5-7-13/h3-8,11-12H,10H2,1-2H3,(H,18,19). The lowest BCUT2D eigenvalue weighted by atomic mass is 10.1. The molecule has 0 saturated heterocycles. The summed E-state index contributed by atoms with van der Waals surface area (Å²) in [6.45, 7) is 5.06. The Labute approximate surface area is 113 Å². The Morgan fingerprint density at radius 3 is 2.58 bits per heavy atom. The van der Waals surface area contributed by atoms with Crippen LogP contribution < -0.4 is 5.32 Å². The molecule has 3 heteroatoms. The van der Waals surface area contributed by atoms with Crippen LogP contribution in [0.4, 0.5) is 5.82 Å². The molecule has 2 rings (SSSR count). The highest BCUT2D eigenvalue weighted by Gasteiger charge is 2.06. The summed E-state index contributed by atoms with van der Waals surface area (Å²) in [5, 5.41) is 12.4. The minimum absolute atomic E-state index is 0.516. The topological polar surface area (TPSA) is 48.7 Å². The molecular weight excluding hydrogens is 234 g/mol. The number of benzene rings is 1. The predicted molar refractivity (Wildman–Crippen MR) is 77.7 cm³/mol. The first-order chi connectivity index (χ1) is 9.20. The lowest BCUT2D eigenvalue weighted by Crippen LogP contribution is -2.10. The van der Waals surface area contributed by atoms with Gasteiger partial charge in [-0.1, -0.05) is 44.2 Å². The first kappa shape index (κ1) is 13.1. The Kier molecular flexibility index (Phi) is 4.15. The van der Waals surface area contributed by atoms with Crippen molar-refractivity contribution in [3.05, 3.63) is 48.2 Å². The Balaban J connectivity index is 2.29. The van der Waals surface area contributed by atoms with Crippen LogP contribution in [-0.4, -0.2) is 11.5 Å². The normalized spacial score (nSPS) is 10.2. The van der Waals surface area contributed by atoms with Crippen LogP contribution in [0, 0.1) is 17.2 Å². The van der Waals surface area contributed by atoms with E-state index >= 15 is 0 Å². The van der Waals surface area contributed by atoms with Crippen LogP contribution in [0.3, 0.4) is 0 Å². The fourth-order valence-corrected chi connectivity index (χ4v) is 1.78. The van der Waals surface area contributed by atoms with Crippen LogP contribution in [0.5, 0.6) is 0 Å². The van der Waals surface area contributed by atoms with Crippen LogP contribution in [0.2, 0.25) is 0 Å². The van der Waals surface area contributed by atoms with Gasteiger partial charge in [-0.05, 0) is 17.5 Å². The van der Waals surface area contributed by atoms with E-state index in [-0.39, 0.29) is 0 Å². The second kappa shape index (κ2) is 6.01. The zero-order valence-electron chi connectivity index (χ0n) is 11.2. The van der Waals surface area contributed by atoms with Gasteiger partial charge in [0.15, 0.2) is 0 Å². The number of hydrogen-bond donors (Lipinski definition) is 1. The lowest BCUT2D eigenvalue weighted by molar-refractivity contribution is 0.687. The van der Waals surface area contributed by atoms with Gasteiger partial charge in [-0.2, -0.15) is 5.26 Å². The first-order valence-electron chi connectivity index (χ1n) is 6.40. The number of nitrogens with one attached hydrogen (secondary N) is 1. The van der Waals surface area contributed by atoms with E-state index in [1.807, 2.05) is 36.4 Å². The van der Waals surface area contributed by atoms with E-state index in [4.69, 9.17) is 0 Å². The summed E-state index contributed by atoms with van der Waals surface area (Å²) in [6, 6.07) is 14.0. The minimum atomic E-state index is 0.516. The van der Waals surface area contributed by atoms with Gasteiger partial charge < -0.3 is 5.32 Å². The highest BCUT2D eigenvalue weighted by atomic mass is 15.0. The van der Waals surface area contributed by atoms with Crippen molar-refractivity contribution >= 4 is 5.82 Å². The molecule has 0 atom stereocenters. The molecule has 19 heavy (non-hydrogen) atoms. The van der Waals surface area contributed by atoms with Crippen molar-refractivity contribution in [1.82, 2.24) is 4.98 Å². The number of rotatable bonds is 4. The number of nitriles is 1. The average Bonchev–Trinajstić information content (AvgIpc) is 2.45. The first-order valence-corrected chi connectivity index (χ1v) is 6.40. The SMILES string of the molecule is CC(C)CNc1ncc(-c2ccccc2)cc1C#N. The van der Waals surface area contributed by atoms with Crippen molar-refractivity contribution in [1.29, 1.82) is 5.26 Å². The van der Waals surface area contributed by atoms with Crippen LogP contribution in [0.15, 0.2) is 42.6 Å². The molecule has 0 aliphatic carbocycles. The molecule has 0 bridgehead atoms. The van der Waals surface area contributed by atoms with Crippen LogP contribution in [0.1, 0.15) is 19.4 Å². The van der Waals surface area contributed by atoms with Crippen molar-refractivity contribution in [2.45, 2.75) is 13.8 Å². The molecule has 2 aromatic rings. The van der Waals surface area contributed by atoms with Crippen LogP contribution in [0.25, 0.3) is 11.1 Å². The van der Waals surface area contributed by atoms with Crippen LogP contribution >= 0.6 is 0 Å². The van der Waals surface area contributed by atoms with E-state index in [0.717, 1.165) is 17.7 Å². The molecule has 96 valence electrons. The third-order valence-electron chi connectivity index (χ3n) is 2.79. The molecule has 3 nitrogen and oxygen atoms in total. The lowest BCUT2D eigenvalue weighted by Gasteiger charge is -2.10. The maximum atomic E-state index is 9.23. The molecule has 0 aliphatic rings. The van der Waals surface area contributed by atoms with E-state index in [1.165, 1.54) is 0 Å².